The molecule has 0 bridgehead atoms. The van der Waals surface area contributed by atoms with Gasteiger partial charge in [-0.25, -0.2) is 0 Å². The largest absolute Gasteiger partial charge is 0.350 e. The van der Waals surface area contributed by atoms with Crippen molar-refractivity contribution in [1.82, 2.24) is 20.4 Å². The van der Waals surface area contributed by atoms with Crippen molar-refractivity contribution in [3.05, 3.63) is 48.0 Å². The van der Waals surface area contributed by atoms with Gasteiger partial charge in [-0.15, -0.1) is 0 Å². The number of nitrogens with zero attached hydrogens (tertiary/aromatic N) is 2. The summed E-state index contributed by atoms with van der Waals surface area (Å²) in [7, 11) is 0. The van der Waals surface area contributed by atoms with Crippen LogP contribution < -0.4 is 10.6 Å². The number of nitrogens with one attached hydrogen (secondary N) is 2. The number of carbonyl (C=O) groups is 2. The van der Waals surface area contributed by atoms with E-state index >= 15 is 0 Å². The fourth-order valence-electron chi connectivity index (χ4n) is 4.20. The molecule has 1 fully saturated rings. The summed E-state index contributed by atoms with van der Waals surface area (Å²) in [6.45, 7) is 12.1. The zero-order chi connectivity index (χ0) is 22.4. The Hall–Kier alpha value is -2.44. The predicted octanol–water partition coefficient (Wildman–Crippen LogP) is 2.94. The summed E-state index contributed by atoms with van der Waals surface area (Å²) in [5, 5.41) is 8.55. The normalized spacial score (nSPS) is 17.2. The quantitative estimate of drug-likeness (QED) is 0.748. The van der Waals surface area contributed by atoms with Crippen LogP contribution in [0.3, 0.4) is 0 Å². The van der Waals surface area contributed by atoms with Gasteiger partial charge in [0.05, 0.1) is 19.1 Å². The lowest BCUT2D eigenvalue weighted by Crippen LogP contribution is -2.46. The molecule has 6 nitrogen and oxygen atoms in total. The number of carbonyl (C=O) groups excluding carboxylic acids is 2. The smallest absolute Gasteiger partial charge is 0.234 e. The molecule has 2 N–H and O–H groups in total. The molecule has 31 heavy (non-hydrogen) atoms. The molecule has 1 aliphatic rings. The van der Waals surface area contributed by atoms with Crippen LogP contribution >= 0.6 is 0 Å². The second-order valence-corrected chi connectivity index (χ2v) is 9.56. The van der Waals surface area contributed by atoms with Crippen molar-refractivity contribution in [2.75, 3.05) is 39.3 Å². The Bertz CT molecular complexity index is 901. The molecule has 2 aromatic rings. The third kappa shape index (κ3) is 7.04. The molecule has 3 rings (SSSR count). The van der Waals surface area contributed by atoms with Crippen LogP contribution in [0, 0.1) is 0 Å². The van der Waals surface area contributed by atoms with Gasteiger partial charge in [0.1, 0.15) is 0 Å². The van der Waals surface area contributed by atoms with Crippen molar-refractivity contribution in [1.29, 1.82) is 0 Å². The van der Waals surface area contributed by atoms with E-state index in [1.807, 2.05) is 45.9 Å². The van der Waals surface area contributed by atoms with E-state index in [1.165, 1.54) is 10.8 Å². The molecule has 0 unspecified atom stereocenters. The maximum atomic E-state index is 12.7. The van der Waals surface area contributed by atoms with E-state index in [2.05, 4.69) is 44.7 Å². The van der Waals surface area contributed by atoms with E-state index in [-0.39, 0.29) is 23.4 Å². The highest BCUT2D eigenvalue weighted by Gasteiger charge is 2.21. The Balaban J connectivity index is 1.50. The van der Waals surface area contributed by atoms with Crippen LogP contribution in [-0.4, -0.2) is 66.4 Å². The first-order valence-electron chi connectivity index (χ1n) is 11.2. The average Bonchev–Trinajstić information content (AvgIpc) is 2.91. The topological polar surface area (TPSA) is 64.7 Å². The first-order valence-corrected chi connectivity index (χ1v) is 11.2. The molecule has 6 heteroatoms. The number of fused-ring (bicyclic) bond motifs is 1. The van der Waals surface area contributed by atoms with Crippen LogP contribution in [0.5, 0.6) is 0 Å². The Labute approximate surface area is 186 Å². The minimum atomic E-state index is -0.214. The first-order chi connectivity index (χ1) is 14.7. The Morgan fingerprint density at radius 1 is 0.903 bits per heavy atom. The summed E-state index contributed by atoms with van der Waals surface area (Å²) in [6.07, 6.45) is 0.953. The molecule has 0 spiro atoms. The summed E-state index contributed by atoms with van der Waals surface area (Å²) < 4.78 is 0. The lowest BCUT2D eigenvalue weighted by Gasteiger charge is -2.25. The molecule has 0 radical (unpaired) electrons. The third-order valence-electron chi connectivity index (χ3n) is 5.60. The highest BCUT2D eigenvalue weighted by molar-refractivity contribution is 5.87. The lowest BCUT2D eigenvalue weighted by atomic mass is 10.00. The van der Waals surface area contributed by atoms with Crippen molar-refractivity contribution in [2.24, 2.45) is 0 Å². The molecule has 168 valence electrons. The molecular formula is C25H36N4O2. The Morgan fingerprint density at radius 3 is 2.19 bits per heavy atom. The maximum Gasteiger partial charge on any atom is 0.234 e. The minimum absolute atomic E-state index is 0.0411. The summed E-state index contributed by atoms with van der Waals surface area (Å²) in [5.41, 5.74) is 0.923. The number of hydrogen-bond donors (Lipinski definition) is 2. The summed E-state index contributed by atoms with van der Waals surface area (Å²) >= 11 is 0. The van der Waals surface area contributed by atoms with Crippen molar-refractivity contribution in [2.45, 2.75) is 45.7 Å². The zero-order valence-corrected chi connectivity index (χ0v) is 19.3. The zero-order valence-electron chi connectivity index (χ0n) is 19.3. The SMILES string of the molecule is C[C@@H](NC(=O)CN1CCCN(CC(=O)NC(C)(C)C)CC1)c1cccc2ccccc12. The van der Waals surface area contributed by atoms with Crippen molar-refractivity contribution < 1.29 is 9.59 Å². The van der Waals surface area contributed by atoms with Crippen LogP contribution in [0.2, 0.25) is 0 Å². The van der Waals surface area contributed by atoms with Crippen molar-refractivity contribution >= 4 is 22.6 Å². The van der Waals surface area contributed by atoms with Gasteiger partial charge >= 0.3 is 0 Å². The number of rotatable bonds is 6. The molecule has 2 aromatic carbocycles. The van der Waals surface area contributed by atoms with E-state index in [0.29, 0.717) is 13.1 Å². The second-order valence-electron chi connectivity index (χ2n) is 9.56. The van der Waals surface area contributed by atoms with Gasteiger partial charge in [-0.3, -0.25) is 19.4 Å². The first kappa shape index (κ1) is 23.2. The summed E-state index contributed by atoms with van der Waals surface area (Å²) in [4.78, 5) is 29.3. The van der Waals surface area contributed by atoms with Gasteiger partial charge in [-0.2, -0.15) is 0 Å². The fourth-order valence-corrected chi connectivity index (χ4v) is 4.20. The molecule has 2 amide bonds. The maximum absolute atomic E-state index is 12.7. The van der Waals surface area contributed by atoms with Gasteiger partial charge in [0, 0.05) is 18.6 Å². The Morgan fingerprint density at radius 2 is 1.52 bits per heavy atom. The molecule has 0 saturated carbocycles. The third-order valence-corrected chi connectivity index (χ3v) is 5.60. The summed E-state index contributed by atoms with van der Waals surface area (Å²) in [6, 6.07) is 14.4. The molecule has 1 atom stereocenters. The highest BCUT2D eigenvalue weighted by Crippen LogP contribution is 2.24. The molecule has 1 heterocycles. The van der Waals surface area contributed by atoms with E-state index in [0.717, 1.165) is 38.2 Å². The van der Waals surface area contributed by atoms with Crippen LogP contribution in [0.25, 0.3) is 10.8 Å². The summed E-state index contributed by atoms with van der Waals surface area (Å²) in [5.74, 6) is 0.0990. The van der Waals surface area contributed by atoms with Crippen LogP contribution in [-0.2, 0) is 9.59 Å². The molecule has 0 aliphatic carbocycles. The van der Waals surface area contributed by atoms with Crippen molar-refractivity contribution in [3.8, 4) is 0 Å². The number of amides is 2. The van der Waals surface area contributed by atoms with Gasteiger partial charge in [-0.1, -0.05) is 42.5 Å². The van der Waals surface area contributed by atoms with Gasteiger partial charge in [0.25, 0.3) is 0 Å². The van der Waals surface area contributed by atoms with Crippen LogP contribution in [0.1, 0.15) is 45.7 Å². The van der Waals surface area contributed by atoms with Crippen LogP contribution in [0.15, 0.2) is 42.5 Å². The lowest BCUT2D eigenvalue weighted by molar-refractivity contribution is -0.124. The van der Waals surface area contributed by atoms with Gasteiger partial charge in [0.15, 0.2) is 0 Å². The molecule has 1 aliphatic heterocycles. The minimum Gasteiger partial charge on any atom is -0.350 e. The molecular weight excluding hydrogens is 388 g/mol. The Kier molecular flexibility index (Phi) is 7.68. The second kappa shape index (κ2) is 10.2. The van der Waals surface area contributed by atoms with E-state index in [1.54, 1.807) is 0 Å². The average molecular weight is 425 g/mol. The number of benzene rings is 2. The van der Waals surface area contributed by atoms with E-state index in [9.17, 15) is 9.59 Å². The van der Waals surface area contributed by atoms with Crippen molar-refractivity contribution in [3.63, 3.8) is 0 Å². The predicted molar refractivity (Wildman–Crippen MR) is 126 cm³/mol. The highest BCUT2D eigenvalue weighted by atomic mass is 16.2. The number of hydrogen-bond acceptors (Lipinski definition) is 4. The van der Waals surface area contributed by atoms with Gasteiger partial charge in [-0.05, 0) is 63.5 Å². The van der Waals surface area contributed by atoms with Crippen LogP contribution in [0.4, 0.5) is 0 Å². The van der Waals surface area contributed by atoms with Gasteiger partial charge in [0.2, 0.25) is 11.8 Å². The van der Waals surface area contributed by atoms with E-state index in [4.69, 9.17) is 0 Å². The van der Waals surface area contributed by atoms with E-state index < -0.39 is 0 Å². The molecule has 0 aromatic heterocycles. The monoisotopic (exact) mass is 424 g/mol. The fraction of sp³-hybridized carbons (Fsp3) is 0.520. The van der Waals surface area contributed by atoms with Gasteiger partial charge < -0.3 is 10.6 Å². The molecule has 1 saturated heterocycles. The standard InChI is InChI=1S/C25H36N4O2/c1-19(21-12-7-10-20-9-5-6-11-22(20)21)26-23(30)17-28-13-8-14-29(16-15-28)18-24(31)27-25(2,3)4/h5-7,9-12,19H,8,13-18H2,1-4H3,(H,26,30)(H,27,31)/t19-/m1/s1.